The van der Waals surface area contributed by atoms with Crippen molar-refractivity contribution in [2.75, 3.05) is 12.3 Å². The fraction of sp³-hybridized carbons (Fsp3) is 0.133. The summed E-state index contributed by atoms with van der Waals surface area (Å²) in [5.74, 6) is 1.51. The first-order valence-corrected chi connectivity index (χ1v) is 7.16. The van der Waals surface area contributed by atoms with Crippen LogP contribution in [0.2, 0.25) is 0 Å². The zero-order chi connectivity index (χ0) is 13.8. The number of hydrogen-bond donors (Lipinski definition) is 1. The summed E-state index contributed by atoms with van der Waals surface area (Å²) in [4.78, 5) is 4.52. The van der Waals surface area contributed by atoms with Gasteiger partial charge in [0.15, 0.2) is 5.76 Å². The van der Waals surface area contributed by atoms with E-state index in [0.717, 1.165) is 28.6 Å². The summed E-state index contributed by atoms with van der Waals surface area (Å²) in [5, 5.41) is 3.01. The van der Waals surface area contributed by atoms with Gasteiger partial charge < -0.3 is 14.9 Å². The van der Waals surface area contributed by atoms with Crippen LogP contribution in [0.3, 0.4) is 0 Å². The van der Waals surface area contributed by atoms with Crippen LogP contribution >= 0.6 is 11.3 Å². The minimum atomic E-state index is 0.555. The van der Waals surface area contributed by atoms with Gasteiger partial charge in [-0.2, -0.15) is 0 Å². The Balaban J connectivity index is 1.58. The highest BCUT2D eigenvalue weighted by Gasteiger charge is 2.07. The maximum atomic E-state index is 5.82. The van der Waals surface area contributed by atoms with Gasteiger partial charge in [0.2, 0.25) is 0 Å². The van der Waals surface area contributed by atoms with Crippen LogP contribution in [0.25, 0.3) is 11.5 Å². The van der Waals surface area contributed by atoms with E-state index in [0.29, 0.717) is 12.3 Å². The fourth-order valence-corrected chi connectivity index (χ4v) is 2.59. The molecule has 0 bridgehead atoms. The molecule has 0 unspecified atom stereocenters. The Hall–Kier alpha value is -2.27. The first-order valence-electron chi connectivity index (χ1n) is 6.28. The van der Waals surface area contributed by atoms with Crippen molar-refractivity contribution < 1.29 is 9.15 Å². The number of furan rings is 1. The number of aromatic nitrogens is 1. The van der Waals surface area contributed by atoms with E-state index in [1.807, 2.05) is 41.8 Å². The molecule has 0 amide bonds. The highest BCUT2D eigenvalue weighted by molar-refractivity contribution is 7.09. The van der Waals surface area contributed by atoms with E-state index in [9.17, 15) is 0 Å². The SMILES string of the molecule is Nc1ccccc1OCCc1nc(-c2ccco2)cs1. The Morgan fingerprint density at radius 3 is 2.90 bits per heavy atom. The van der Waals surface area contributed by atoms with Crippen LogP contribution in [0.5, 0.6) is 5.75 Å². The lowest BCUT2D eigenvalue weighted by atomic mass is 10.3. The van der Waals surface area contributed by atoms with Crippen molar-refractivity contribution in [1.82, 2.24) is 4.98 Å². The molecule has 0 radical (unpaired) electrons. The van der Waals surface area contributed by atoms with Crippen molar-refractivity contribution in [2.24, 2.45) is 0 Å². The van der Waals surface area contributed by atoms with Gasteiger partial charge in [-0.3, -0.25) is 0 Å². The second-order valence-corrected chi connectivity index (χ2v) is 5.18. The summed E-state index contributed by atoms with van der Waals surface area (Å²) in [6.45, 7) is 0.555. The quantitative estimate of drug-likeness (QED) is 0.728. The van der Waals surface area contributed by atoms with Crippen molar-refractivity contribution in [2.45, 2.75) is 6.42 Å². The molecule has 2 aromatic heterocycles. The third-order valence-corrected chi connectivity index (χ3v) is 3.73. The molecule has 0 atom stereocenters. The van der Waals surface area contributed by atoms with E-state index in [1.54, 1.807) is 17.6 Å². The molecule has 3 aromatic rings. The number of thiazole rings is 1. The van der Waals surface area contributed by atoms with Crippen LogP contribution in [0.15, 0.2) is 52.5 Å². The lowest BCUT2D eigenvalue weighted by Gasteiger charge is -2.06. The maximum Gasteiger partial charge on any atom is 0.153 e. The molecule has 1 aromatic carbocycles. The predicted molar refractivity (Wildman–Crippen MR) is 79.9 cm³/mol. The van der Waals surface area contributed by atoms with Crippen LogP contribution in [0, 0.1) is 0 Å². The normalized spacial score (nSPS) is 10.6. The summed E-state index contributed by atoms with van der Waals surface area (Å²) in [5.41, 5.74) is 7.34. The number of benzene rings is 1. The molecule has 102 valence electrons. The van der Waals surface area contributed by atoms with Gasteiger partial charge in [0.05, 0.1) is 23.6 Å². The third kappa shape index (κ3) is 2.83. The lowest BCUT2D eigenvalue weighted by Crippen LogP contribution is -2.03. The molecule has 0 aliphatic heterocycles. The van der Waals surface area contributed by atoms with Crippen LogP contribution in [-0.2, 0) is 6.42 Å². The summed E-state index contributed by atoms with van der Waals surface area (Å²) >= 11 is 1.60. The first-order chi connectivity index (χ1) is 9.83. The van der Waals surface area contributed by atoms with Crippen molar-refractivity contribution >= 4 is 17.0 Å². The summed E-state index contributed by atoms with van der Waals surface area (Å²) in [6.07, 6.45) is 2.40. The van der Waals surface area contributed by atoms with Crippen molar-refractivity contribution in [3.63, 3.8) is 0 Å². The Bertz CT molecular complexity index is 677. The predicted octanol–water partition coefficient (Wildman–Crippen LogP) is 3.61. The Labute approximate surface area is 120 Å². The van der Waals surface area contributed by atoms with E-state index >= 15 is 0 Å². The van der Waals surface area contributed by atoms with Crippen LogP contribution in [0.1, 0.15) is 5.01 Å². The molecule has 20 heavy (non-hydrogen) atoms. The molecule has 0 aliphatic rings. The molecular formula is C15H14N2O2S. The van der Waals surface area contributed by atoms with E-state index in [1.165, 1.54) is 0 Å². The molecule has 0 fully saturated rings. The van der Waals surface area contributed by atoms with Crippen molar-refractivity contribution in [3.05, 3.63) is 53.0 Å². The highest BCUT2D eigenvalue weighted by atomic mass is 32.1. The standard InChI is InChI=1S/C15H14N2O2S/c16-11-4-1-2-5-13(11)19-9-7-15-17-12(10-20-15)14-6-3-8-18-14/h1-6,8,10H,7,9,16H2. The van der Waals surface area contributed by atoms with Crippen LogP contribution < -0.4 is 10.5 Å². The maximum absolute atomic E-state index is 5.82. The number of hydrogen-bond acceptors (Lipinski definition) is 5. The number of para-hydroxylation sites is 2. The average molecular weight is 286 g/mol. The summed E-state index contributed by atoms with van der Waals surface area (Å²) < 4.78 is 11.0. The van der Waals surface area contributed by atoms with E-state index in [2.05, 4.69) is 4.98 Å². The minimum absolute atomic E-state index is 0.555. The molecule has 3 rings (SSSR count). The minimum Gasteiger partial charge on any atom is -0.491 e. The fourth-order valence-electron chi connectivity index (χ4n) is 1.82. The lowest BCUT2D eigenvalue weighted by molar-refractivity contribution is 0.323. The molecule has 0 spiro atoms. The summed E-state index contributed by atoms with van der Waals surface area (Å²) in [6, 6.07) is 11.2. The van der Waals surface area contributed by atoms with Gasteiger partial charge in [0.25, 0.3) is 0 Å². The molecule has 0 aliphatic carbocycles. The highest BCUT2D eigenvalue weighted by Crippen LogP contribution is 2.23. The van der Waals surface area contributed by atoms with E-state index in [4.69, 9.17) is 14.9 Å². The number of nitrogens with zero attached hydrogens (tertiary/aromatic N) is 1. The molecule has 4 nitrogen and oxygen atoms in total. The molecule has 0 saturated carbocycles. The zero-order valence-electron chi connectivity index (χ0n) is 10.8. The van der Waals surface area contributed by atoms with Crippen molar-refractivity contribution in [3.8, 4) is 17.2 Å². The van der Waals surface area contributed by atoms with Crippen molar-refractivity contribution in [1.29, 1.82) is 0 Å². The third-order valence-electron chi connectivity index (χ3n) is 2.82. The molecule has 2 heterocycles. The number of ether oxygens (including phenoxy) is 1. The number of nitrogen functional groups attached to an aromatic ring is 1. The second kappa shape index (κ2) is 5.79. The van der Waals surface area contributed by atoms with Gasteiger partial charge in [-0.1, -0.05) is 12.1 Å². The van der Waals surface area contributed by atoms with Gasteiger partial charge in [0.1, 0.15) is 11.4 Å². The average Bonchev–Trinajstić information content (AvgIpc) is 3.11. The Kier molecular flexibility index (Phi) is 3.69. The molecule has 0 saturated heterocycles. The number of nitrogens with two attached hydrogens (primary N) is 1. The monoisotopic (exact) mass is 286 g/mol. The van der Waals surface area contributed by atoms with E-state index < -0.39 is 0 Å². The smallest absolute Gasteiger partial charge is 0.153 e. The molecule has 5 heteroatoms. The van der Waals surface area contributed by atoms with Gasteiger partial charge >= 0.3 is 0 Å². The van der Waals surface area contributed by atoms with Gasteiger partial charge in [-0.05, 0) is 24.3 Å². The summed E-state index contributed by atoms with van der Waals surface area (Å²) in [7, 11) is 0. The van der Waals surface area contributed by atoms with Crippen LogP contribution in [-0.4, -0.2) is 11.6 Å². The zero-order valence-corrected chi connectivity index (χ0v) is 11.6. The molecular weight excluding hydrogens is 272 g/mol. The van der Waals surface area contributed by atoms with Crippen LogP contribution in [0.4, 0.5) is 5.69 Å². The van der Waals surface area contributed by atoms with Gasteiger partial charge in [-0.15, -0.1) is 11.3 Å². The van der Waals surface area contributed by atoms with Gasteiger partial charge in [-0.25, -0.2) is 4.98 Å². The Morgan fingerprint density at radius 2 is 2.10 bits per heavy atom. The second-order valence-electron chi connectivity index (χ2n) is 4.24. The number of anilines is 1. The Morgan fingerprint density at radius 1 is 1.20 bits per heavy atom. The molecule has 2 N–H and O–H groups in total. The largest absolute Gasteiger partial charge is 0.491 e. The number of rotatable bonds is 5. The van der Waals surface area contributed by atoms with Gasteiger partial charge in [0, 0.05) is 11.8 Å². The first kappa shape index (κ1) is 12.7. The topological polar surface area (TPSA) is 61.3 Å². The van der Waals surface area contributed by atoms with E-state index in [-0.39, 0.29) is 0 Å².